The zero-order valence-corrected chi connectivity index (χ0v) is 15.0. The van der Waals surface area contributed by atoms with Crippen molar-refractivity contribution in [2.45, 2.75) is 57.5 Å². The number of aryl methyl sites for hydroxylation is 1. The maximum absolute atomic E-state index is 12.0. The van der Waals surface area contributed by atoms with Crippen LogP contribution in [0.2, 0.25) is 0 Å². The molecule has 1 aromatic carbocycles. The lowest BCUT2D eigenvalue weighted by Gasteiger charge is -2.49. The van der Waals surface area contributed by atoms with Gasteiger partial charge < -0.3 is 10.2 Å². The van der Waals surface area contributed by atoms with E-state index in [1.807, 2.05) is 6.07 Å². The van der Waals surface area contributed by atoms with E-state index in [2.05, 4.69) is 6.92 Å². The van der Waals surface area contributed by atoms with Crippen molar-refractivity contribution in [3.8, 4) is 5.75 Å². The molecule has 3 aliphatic carbocycles. The first-order valence-electron chi connectivity index (χ1n) is 8.58. The molecule has 6 atom stereocenters. The standard InChI is InChI=1S/C18H22ClO3P/c1-18-7-6-13-12(14(18)4-5-16(18)21)3-2-10-8-11(20)9-15(17(10)13)23(19)22/h8-9,12-14,16,21H,2-7H2,1H3/p+1/t12-,13+,14+,16-,18+/m1/s1. The van der Waals surface area contributed by atoms with Gasteiger partial charge in [-0.3, -0.25) is 0 Å². The Hall–Kier alpha value is -0.630. The second-order valence-corrected chi connectivity index (χ2v) is 9.73. The minimum atomic E-state index is -1.98. The fraction of sp³-hybridized carbons (Fsp3) is 0.667. The largest absolute Gasteiger partial charge is 0.508 e. The highest BCUT2D eigenvalue weighted by Gasteiger charge is 2.55. The predicted molar refractivity (Wildman–Crippen MR) is 91.8 cm³/mol. The lowest BCUT2D eigenvalue weighted by molar-refractivity contribution is -0.0224. The van der Waals surface area contributed by atoms with Gasteiger partial charge in [-0.15, -0.1) is 0 Å². The first-order chi connectivity index (χ1) is 10.9. The van der Waals surface area contributed by atoms with Gasteiger partial charge in [0.2, 0.25) is 16.5 Å². The molecule has 1 aromatic rings. The molecule has 0 aromatic heterocycles. The molecule has 124 valence electrons. The van der Waals surface area contributed by atoms with Crippen LogP contribution in [0.1, 0.15) is 56.1 Å². The van der Waals surface area contributed by atoms with Gasteiger partial charge in [0.05, 0.1) is 6.10 Å². The summed E-state index contributed by atoms with van der Waals surface area (Å²) in [6, 6.07) is 3.41. The minimum absolute atomic E-state index is 0.0406. The number of hydrogen-bond acceptors (Lipinski definition) is 3. The van der Waals surface area contributed by atoms with Crippen LogP contribution in [0.15, 0.2) is 12.1 Å². The molecule has 23 heavy (non-hydrogen) atoms. The average molecular weight is 354 g/mol. The molecule has 0 heterocycles. The SMILES string of the molecule is C[C@]12CC[C@@H]3c4c(cc(O)cc4[P+](=O)Cl)CC[C@H]3[C@@H]1CC[C@H]2O. The molecule has 2 saturated carbocycles. The third kappa shape index (κ3) is 2.27. The maximum atomic E-state index is 12.0. The molecule has 0 amide bonds. The lowest BCUT2D eigenvalue weighted by atomic mass is 9.55. The van der Waals surface area contributed by atoms with E-state index in [1.54, 1.807) is 6.07 Å². The van der Waals surface area contributed by atoms with Crippen molar-refractivity contribution in [3.05, 3.63) is 23.3 Å². The van der Waals surface area contributed by atoms with Crippen molar-refractivity contribution < 1.29 is 14.8 Å². The zero-order chi connectivity index (χ0) is 16.4. The molecule has 0 spiro atoms. The average Bonchev–Trinajstić information content (AvgIpc) is 2.81. The summed E-state index contributed by atoms with van der Waals surface area (Å²) >= 11 is 5.96. The molecule has 0 saturated heterocycles. The number of phenols is 1. The normalized spacial score (nSPS) is 39.3. The summed E-state index contributed by atoms with van der Waals surface area (Å²) in [6.07, 6.45) is 5.84. The Bertz CT molecular complexity index is 676. The lowest BCUT2D eigenvalue weighted by Crippen LogP contribution is -2.44. The number of phenolic OH excluding ortho intramolecular Hbond substituents is 1. The minimum Gasteiger partial charge on any atom is -0.508 e. The monoisotopic (exact) mass is 353 g/mol. The Labute approximate surface area is 142 Å². The molecule has 5 heteroatoms. The molecule has 3 nitrogen and oxygen atoms in total. The fourth-order valence-corrected chi connectivity index (χ4v) is 6.96. The number of aromatic hydroxyl groups is 1. The van der Waals surface area contributed by atoms with E-state index in [1.165, 1.54) is 0 Å². The van der Waals surface area contributed by atoms with Crippen LogP contribution in [0.5, 0.6) is 5.75 Å². The highest BCUT2D eigenvalue weighted by atomic mass is 35.7. The van der Waals surface area contributed by atoms with E-state index in [0.717, 1.165) is 49.7 Å². The van der Waals surface area contributed by atoms with Crippen LogP contribution in [0.25, 0.3) is 0 Å². The second-order valence-electron chi connectivity index (χ2n) is 7.84. The first-order valence-corrected chi connectivity index (χ1v) is 10.7. The van der Waals surface area contributed by atoms with Crippen LogP contribution < -0.4 is 5.30 Å². The van der Waals surface area contributed by atoms with Crippen LogP contribution in [0.3, 0.4) is 0 Å². The highest BCUT2D eigenvalue weighted by Crippen LogP contribution is 2.61. The molecule has 2 fully saturated rings. The zero-order valence-electron chi connectivity index (χ0n) is 13.3. The molecule has 1 unspecified atom stereocenters. The summed E-state index contributed by atoms with van der Waals surface area (Å²) in [6.45, 7) is 2.25. The molecular weight excluding hydrogens is 331 g/mol. The Morgan fingerprint density at radius 3 is 2.78 bits per heavy atom. The topological polar surface area (TPSA) is 57.5 Å². The summed E-state index contributed by atoms with van der Waals surface area (Å²) in [5.74, 6) is 1.61. The van der Waals surface area contributed by atoms with E-state index < -0.39 is 7.15 Å². The van der Waals surface area contributed by atoms with Gasteiger partial charge in [0.25, 0.3) is 0 Å². The quantitative estimate of drug-likeness (QED) is 0.743. The van der Waals surface area contributed by atoms with Gasteiger partial charge >= 0.3 is 7.15 Å². The van der Waals surface area contributed by atoms with E-state index in [4.69, 9.17) is 11.2 Å². The molecule has 2 N–H and O–H groups in total. The van der Waals surface area contributed by atoms with Crippen molar-refractivity contribution in [2.75, 3.05) is 0 Å². The maximum Gasteiger partial charge on any atom is 0.494 e. The number of hydrogen-bond donors (Lipinski definition) is 2. The number of aliphatic hydroxyl groups is 1. The van der Waals surface area contributed by atoms with Crippen molar-refractivity contribution in [1.29, 1.82) is 0 Å². The van der Waals surface area contributed by atoms with Gasteiger partial charge in [-0.2, -0.15) is 0 Å². The first kappa shape index (κ1) is 15.9. The van der Waals surface area contributed by atoms with Crippen molar-refractivity contribution in [3.63, 3.8) is 0 Å². The summed E-state index contributed by atoms with van der Waals surface area (Å²) in [5, 5.41) is 21.0. The summed E-state index contributed by atoms with van der Waals surface area (Å²) in [7, 11) is -1.98. The number of rotatable bonds is 1. The van der Waals surface area contributed by atoms with Gasteiger partial charge in [0.15, 0.2) is 0 Å². The number of halogens is 1. The smallest absolute Gasteiger partial charge is 0.494 e. The van der Waals surface area contributed by atoms with E-state index in [9.17, 15) is 14.8 Å². The third-order valence-corrected chi connectivity index (χ3v) is 8.22. The van der Waals surface area contributed by atoms with Crippen LogP contribution in [0, 0.1) is 17.3 Å². The van der Waals surface area contributed by atoms with Crippen molar-refractivity contribution >= 4 is 23.7 Å². The van der Waals surface area contributed by atoms with Crippen LogP contribution in [-0.2, 0) is 11.0 Å². The van der Waals surface area contributed by atoms with Crippen LogP contribution in [0.4, 0.5) is 0 Å². The molecule has 0 aliphatic heterocycles. The van der Waals surface area contributed by atoms with Crippen LogP contribution in [-0.4, -0.2) is 16.3 Å². The Kier molecular flexibility index (Phi) is 3.75. The van der Waals surface area contributed by atoms with Crippen molar-refractivity contribution in [1.82, 2.24) is 0 Å². The Morgan fingerprint density at radius 1 is 1.26 bits per heavy atom. The van der Waals surface area contributed by atoms with Gasteiger partial charge in [-0.1, -0.05) is 6.92 Å². The number of fused-ring (bicyclic) bond motifs is 5. The van der Waals surface area contributed by atoms with Gasteiger partial charge in [-0.05, 0) is 77.9 Å². The van der Waals surface area contributed by atoms with Gasteiger partial charge in [0.1, 0.15) is 5.75 Å². The molecule has 3 aliphatic rings. The molecule has 0 radical (unpaired) electrons. The summed E-state index contributed by atoms with van der Waals surface area (Å²) in [4.78, 5) is 0. The Balaban J connectivity index is 1.79. The van der Waals surface area contributed by atoms with Crippen LogP contribution >= 0.6 is 18.4 Å². The third-order valence-electron chi connectivity index (χ3n) is 6.92. The van der Waals surface area contributed by atoms with E-state index in [-0.39, 0.29) is 17.3 Å². The molecular formula is C18H23ClO3P+. The second kappa shape index (κ2) is 5.44. The summed E-state index contributed by atoms with van der Waals surface area (Å²) in [5.41, 5.74) is 2.30. The van der Waals surface area contributed by atoms with Crippen molar-refractivity contribution in [2.24, 2.45) is 17.3 Å². The number of aliphatic hydroxyl groups excluding tert-OH is 1. The van der Waals surface area contributed by atoms with Gasteiger partial charge in [-0.25, -0.2) is 0 Å². The predicted octanol–water partition coefficient (Wildman–Crippen LogP) is 4.22. The fourth-order valence-electron chi connectivity index (χ4n) is 5.80. The molecule has 4 rings (SSSR count). The summed E-state index contributed by atoms with van der Waals surface area (Å²) < 4.78 is 12.0. The van der Waals surface area contributed by atoms with Gasteiger partial charge in [0, 0.05) is 11.6 Å². The number of benzene rings is 1. The van der Waals surface area contributed by atoms with E-state index in [0.29, 0.717) is 23.1 Å². The molecule has 0 bridgehead atoms. The van der Waals surface area contributed by atoms with E-state index >= 15 is 0 Å². The highest BCUT2D eigenvalue weighted by molar-refractivity contribution is 7.80. The Morgan fingerprint density at radius 2 is 2.04 bits per heavy atom.